The summed E-state index contributed by atoms with van der Waals surface area (Å²) in [5.41, 5.74) is 0.931. The van der Waals surface area contributed by atoms with E-state index < -0.39 is 0 Å². The molecular formula is C15H21ClN2O3. The fourth-order valence-electron chi connectivity index (χ4n) is 2.50. The monoisotopic (exact) mass is 312 g/mol. The minimum atomic E-state index is -0.233. The van der Waals surface area contributed by atoms with Gasteiger partial charge in [-0.1, -0.05) is 23.7 Å². The van der Waals surface area contributed by atoms with Crippen molar-refractivity contribution in [2.75, 3.05) is 33.4 Å². The van der Waals surface area contributed by atoms with Gasteiger partial charge in [-0.2, -0.15) is 0 Å². The maximum atomic E-state index is 12.1. The molecule has 0 aromatic heterocycles. The predicted molar refractivity (Wildman–Crippen MR) is 81.4 cm³/mol. The summed E-state index contributed by atoms with van der Waals surface area (Å²) in [6.07, 6.45) is 0.621. The molecule has 1 fully saturated rings. The van der Waals surface area contributed by atoms with Crippen LogP contribution in [0.4, 0.5) is 4.79 Å². The molecule has 1 heterocycles. The number of amides is 2. The standard InChI is InChI=1S/C15H21ClN2O3/c1-21-14(12-3-2-4-13(16)7-12)8-17-15(20)18-6-5-11(9-18)10-19/h2-4,7,11,14,19H,5-6,8-10H2,1H3,(H,17,20). The van der Waals surface area contributed by atoms with E-state index in [0.29, 0.717) is 24.7 Å². The Kier molecular flexibility index (Phi) is 5.85. The Hall–Kier alpha value is -1.30. The molecule has 6 heteroatoms. The molecule has 1 saturated heterocycles. The summed E-state index contributed by atoms with van der Waals surface area (Å²) < 4.78 is 5.41. The molecule has 1 aromatic rings. The SMILES string of the molecule is COC(CNC(=O)N1CCC(CO)C1)c1cccc(Cl)c1. The molecule has 2 unspecified atom stereocenters. The van der Waals surface area contributed by atoms with E-state index in [-0.39, 0.29) is 24.7 Å². The number of methoxy groups -OCH3 is 1. The maximum absolute atomic E-state index is 12.1. The van der Waals surface area contributed by atoms with Crippen molar-refractivity contribution in [2.45, 2.75) is 12.5 Å². The lowest BCUT2D eigenvalue weighted by Crippen LogP contribution is -2.40. The lowest BCUT2D eigenvalue weighted by Gasteiger charge is -2.21. The average molecular weight is 313 g/mol. The van der Waals surface area contributed by atoms with Crippen LogP contribution in [0.3, 0.4) is 0 Å². The van der Waals surface area contributed by atoms with Crippen molar-refractivity contribution < 1.29 is 14.6 Å². The van der Waals surface area contributed by atoms with Gasteiger partial charge in [-0.25, -0.2) is 4.79 Å². The molecule has 5 nitrogen and oxygen atoms in total. The zero-order chi connectivity index (χ0) is 15.2. The highest BCUT2D eigenvalue weighted by molar-refractivity contribution is 6.30. The first-order valence-electron chi connectivity index (χ1n) is 7.06. The Morgan fingerprint density at radius 1 is 1.62 bits per heavy atom. The number of carbonyl (C=O) groups excluding carboxylic acids is 1. The van der Waals surface area contributed by atoms with Gasteiger partial charge in [0.1, 0.15) is 0 Å². The van der Waals surface area contributed by atoms with Crippen molar-refractivity contribution >= 4 is 17.6 Å². The predicted octanol–water partition coefficient (Wildman–Crippen LogP) is 2.05. The molecule has 2 rings (SSSR count). The first kappa shape index (κ1) is 16.1. The van der Waals surface area contributed by atoms with Crippen molar-refractivity contribution in [1.29, 1.82) is 0 Å². The van der Waals surface area contributed by atoms with Gasteiger partial charge < -0.3 is 20.1 Å². The van der Waals surface area contributed by atoms with Gasteiger partial charge >= 0.3 is 6.03 Å². The average Bonchev–Trinajstić information content (AvgIpc) is 2.97. The van der Waals surface area contributed by atoms with Crippen LogP contribution < -0.4 is 5.32 Å². The third-order valence-electron chi connectivity index (χ3n) is 3.77. The van der Waals surface area contributed by atoms with Crippen LogP contribution in [0.1, 0.15) is 18.1 Å². The summed E-state index contributed by atoms with van der Waals surface area (Å²) in [5, 5.41) is 12.6. The molecule has 0 aliphatic carbocycles. The van der Waals surface area contributed by atoms with Crippen molar-refractivity contribution in [3.63, 3.8) is 0 Å². The number of nitrogens with zero attached hydrogens (tertiary/aromatic N) is 1. The van der Waals surface area contributed by atoms with Crippen LogP contribution in [0.15, 0.2) is 24.3 Å². The molecular weight excluding hydrogens is 292 g/mol. The van der Waals surface area contributed by atoms with Gasteiger partial charge in [0, 0.05) is 44.3 Å². The molecule has 116 valence electrons. The number of halogens is 1. The smallest absolute Gasteiger partial charge is 0.317 e. The molecule has 0 spiro atoms. The van der Waals surface area contributed by atoms with Crippen LogP contribution in [0.5, 0.6) is 0 Å². The van der Waals surface area contributed by atoms with E-state index in [1.54, 1.807) is 18.1 Å². The number of aliphatic hydroxyl groups excluding tert-OH is 1. The molecule has 1 aliphatic rings. The van der Waals surface area contributed by atoms with E-state index >= 15 is 0 Å². The topological polar surface area (TPSA) is 61.8 Å². The molecule has 2 atom stereocenters. The van der Waals surface area contributed by atoms with Crippen LogP contribution in [-0.2, 0) is 4.74 Å². The number of urea groups is 1. The van der Waals surface area contributed by atoms with Crippen LogP contribution in [0.25, 0.3) is 0 Å². The van der Waals surface area contributed by atoms with Crippen molar-refractivity contribution in [2.24, 2.45) is 5.92 Å². The highest BCUT2D eigenvalue weighted by Gasteiger charge is 2.26. The van der Waals surface area contributed by atoms with Crippen LogP contribution in [-0.4, -0.2) is 49.4 Å². The zero-order valence-electron chi connectivity index (χ0n) is 12.1. The van der Waals surface area contributed by atoms with Gasteiger partial charge in [0.25, 0.3) is 0 Å². The second kappa shape index (κ2) is 7.64. The number of likely N-dealkylation sites (tertiary alicyclic amines) is 1. The van der Waals surface area contributed by atoms with Gasteiger partial charge in [-0.05, 0) is 24.1 Å². The lowest BCUT2D eigenvalue weighted by atomic mass is 10.1. The van der Waals surface area contributed by atoms with E-state index in [2.05, 4.69) is 5.32 Å². The van der Waals surface area contributed by atoms with E-state index in [1.165, 1.54) is 0 Å². The van der Waals surface area contributed by atoms with Gasteiger partial charge in [0.2, 0.25) is 0 Å². The van der Waals surface area contributed by atoms with Crippen LogP contribution >= 0.6 is 11.6 Å². The number of ether oxygens (including phenoxy) is 1. The number of hydrogen-bond donors (Lipinski definition) is 2. The van der Waals surface area contributed by atoms with E-state index in [0.717, 1.165) is 12.0 Å². The van der Waals surface area contributed by atoms with E-state index in [9.17, 15) is 4.79 Å². The first-order valence-corrected chi connectivity index (χ1v) is 7.43. The minimum absolute atomic E-state index is 0.116. The summed E-state index contributed by atoms with van der Waals surface area (Å²) in [6, 6.07) is 7.30. The lowest BCUT2D eigenvalue weighted by molar-refractivity contribution is 0.102. The zero-order valence-corrected chi connectivity index (χ0v) is 12.8. The Morgan fingerprint density at radius 3 is 3.05 bits per heavy atom. The van der Waals surface area contributed by atoms with Crippen LogP contribution in [0, 0.1) is 5.92 Å². The molecule has 1 aliphatic heterocycles. The largest absolute Gasteiger partial charge is 0.396 e. The molecule has 0 bridgehead atoms. The third kappa shape index (κ3) is 4.33. The van der Waals surface area contributed by atoms with Crippen molar-refractivity contribution in [3.05, 3.63) is 34.9 Å². The summed E-state index contributed by atoms with van der Waals surface area (Å²) in [6.45, 7) is 1.81. The highest BCUT2D eigenvalue weighted by Crippen LogP contribution is 2.20. The first-order chi connectivity index (χ1) is 10.1. The highest BCUT2D eigenvalue weighted by atomic mass is 35.5. The number of benzene rings is 1. The summed E-state index contributed by atoms with van der Waals surface area (Å²) in [5.74, 6) is 0.196. The number of aliphatic hydroxyl groups is 1. The Bertz CT molecular complexity index is 484. The third-order valence-corrected chi connectivity index (χ3v) is 4.01. The van der Waals surface area contributed by atoms with Crippen molar-refractivity contribution in [1.82, 2.24) is 10.2 Å². The van der Waals surface area contributed by atoms with E-state index in [1.807, 2.05) is 18.2 Å². The van der Waals surface area contributed by atoms with Gasteiger partial charge in [0.15, 0.2) is 0 Å². The quantitative estimate of drug-likeness (QED) is 0.875. The number of hydrogen-bond acceptors (Lipinski definition) is 3. The fourth-order valence-corrected chi connectivity index (χ4v) is 2.70. The summed E-state index contributed by atoms with van der Waals surface area (Å²) in [7, 11) is 1.61. The number of carbonyl (C=O) groups is 1. The number of rotatable bonds is 5. The maximum Gasteiger partial charge on any atom is 0.317 e. The molecule has 2 amide bonds. The van der Waals surface area contributed by atoms with E-state index in [4.69, 9.17) is 21.4 Å². The minimum Gasteiger partial charge on any atom is -0.396 e. The second-order valence-corrected chi connectivity index (χ2v) is 5.69. The Morgan fingerprint density at radius 2 is 2.43 bits per heavy atom. The fraction of sp³-hybridized carbons (Fsp3) is 0.533. The molecule has 0 saturated carbocycles. The molecule has 0 radical (unpaired) electrons. The number of nitrogens with one attached hydrogen (secondary N) is 1. The van der Waals surface area contributed by atoms with Crippen LogP contribution in [0.2, 0.25) is 5.02 Å². The van der Waals surface area contributed by atoms with Gasteiger partial charge in [-0.15, -0.1) is 0 Å². The second-order valence-electron chi connectivity index (χ2n) is 5.25. The Labute approximate surface area is 129 Å². The normalized spacial score (nSPS) is 19.6. The molecule has 21 heavy (non-hydrogen) atoms. The van der Waals surface area contributed by atoms with Gasteiger partial charge in [-0.3, -0.25) is 0 Å². The summed E-state index contributed by atoms with van der Waals surface area (Å²) in [4.78, 5) is 13.8. The van der Waals surface area contributed by atoms with Gasteiger partial charge in [0.05, 0.1) is 6.10 Å². The molecule has 2 N–H and O–H groups in total. The summed E-state index contributed by atoms with van der Waals surface area (Å²) >= 11 is 5.97. The van der Waals surface area contributed by atoms with Crippen molar-refractivity contribution in [3.8, 4) is 0 Å². The Balaban J connectivity index is 1.87. The molecule has 1 aromatic carbocycles.